The second kappa shape index (κ2) is 5.29. The largest absolute Gasteiger partial charge is 0.508 e. The molecule has 0 aliphatic heterocycles. The highest BCUT2D eigenvalue weighted by molar-refractivity contribution is 6.42. The van der Waals surface area contributed by atoms with Crippen molar-refractivity contribution in [3.05, 3.63) is 63.1 Å². The molecule has 0 aromatic heterocycles. The number of rotatable bonds is 1. The molecule has 0 bridgehead atoms. The fourth-order valence-corrected chi connectivity index (χ4v) is 3.46. The molecule has 1 atom stereocenters. The monoisotopic (exact) mass is 334 g/mol. The minimum Gasteiger partial charge on any atom is -0.508 e. The van der Waals surface area contributed by atoms with Crippen LogP contribution in [0.2, 0.25) is 10.0 Å². The average Bonchev–Trinajstić information content (AvgIpc) is 2.46. The summed E-state index contributed by atoms with van der Waals surface area (Å²) >= 11 is 12.1. The number of carbonyl (C=O) groups excluding carboxylic acids is 1. The summed E-state index contributed by atoms with van der Waals surface area (Å²) in [4.78, 5) is 12.6. The van der Waals surface area contributed by atoms with E-state index in [0.717, 1.165) is 11.1 Å². The molecule has 0 heterocycles. The van der Waals surface area contributed by atoms with Gasteiger partial charge in [0.2, 0.25) is 0 Å². The van der Waals surface area contributed by atoms with Crippen LogP contribution >= 0.6 is 23.2 Å². The molecule has 114 valence electrons. The van der Waals surface area contributed by atoms with Gasteiger partial charge in [-0.1, -0.05) is 49.2 Å². The van der Waals surface area contributed by atoms with Gasteiger partial charge in [0.15, 0.2) is 5.78 Å². The van der Waals surface area contributed by atoms with Crippen LogP contribution in [0.3, 0.4) is 0 Å². The molecular formula is C18H16Cl2O2. The van der Waals surface area contributed by atoms with E-state index in [1.54, 1.807) is 18.2 Å². The molecule has 0 fully saturated rings. The maximum atomic E-state index is 12.6. The average molecular weight is 335 g/mol. The molecule has 2 aromatic rings. The molecule has 0 amide bonds. The first kappa shape index (κ1) is 15.4. The van der Waals surface area contributed by atoms with Gasteiger partial charge in [-0.25, -0.2) is 0 Å². The molecule has 1 N–H and O–H groups in total. The molecular weight excluding hydrogens is 319 g/mol. The van der Waals surface area contributed by atoms with Gasteiger partial charge in [0.05, 0.1) is 10.0 Å². The molecule has 0 saturated heterocycles. The Morgan fingerprint density at radius 1 is 1.09 bits per heavy atom. The van der Waals surface area contributed by atoms with Crippen LogP contribution in [0.25, 0.3) is 0 Å². The Labute approximate surface area is 139 Å². The Morgan fingerprint density at radius 3 is 2.50 bits per heavy atom. The van der Waals surface area contributed by atoms with Crippen LogP contribution < -0.4 is 0 Å². The van der Waals surface area contributed by atoms with Crippen molar-refractivity contribution in [1.82, 2.24) is 0 Å². The fraction of sp³-hybridized carbons (Fsp3) is 0.278. The van der Waals surface area contributed by atoms with E-state index < -0.39 is 5.41 Å². The molecule has 4 heteroatoms. The van der Waals surface area contributed by atoms with E-state index in [0.29, 0.717) is 22.0 Å². The summed E-state index contributed by atoms with van der Waals surface area (Å²) in [6.45, 7) is 3.87. The van der Waals surface area contributed by atoms with Crippen LogP contribution in [0.5, 0.6) is 5.75 Å². The summed E-state index contributed by atoms with van der Waals surface area (Å²) < 4.78 is 0. The molecule has 1 unspecified atom stereocenters. The summed E-state index contributed by atoms with van der Waals surface area (Å²) in [6, 6.07) is 10.6. The smallest absolute Gasteiger partial charge is 0.168 e. The lowest BCUT2D eigenvalue weighted by Gasteiger charge is -2.36. The lowest BCUT2D eigenvalue weighted by Crippen LogP contribution is -2.33. The zero-order valence-corrected chi connectivity index (χ0v) is 13.9. The van der Waals surface area contributed by atoms with Gasteiger partial charge in [-0.3, -0.25) is 4.79 Å². The van der Waals surface area contributed by atoms with Crippen molar-refractivity contribution >= 4 is 29.0 Å². The van der Waals surface area contributed by atoms with Crippen molar-refractivity contribution in [2.45, 2.75) is 26.2 Å². The third-order valence-electron chi connectivity index (χ3n) is 4.33. The van der Waals surface area contributed by atoms with E-state index in [-0.39, 0.29) is 17.5 Å². The molecule has 1 aliphatic rings. The van der Waals surface area contributed by atoms with Gasteiger partial charge in [0.25, 0.3) is 0 Å². The topological polar surface area (TPSA) is 37.3 Å². The highest BCUT2D eigenvalue weighted by Gasteiger charge is 2.40. The summed E-state index contributed by atoms with van der Waals surface area (Å²) in [5.41, 5.74) is 2.06. The summed E-state index contributed by atoms with van der Waals surface area (Å²) in [7, 11) is 0. The van der Waals surface area contributed by atoms with E-state index in [1.807, 2.05) is 32.0 Å². The molecule has 0 radical (unpaired) electrons. The van der Waals surface area contributed by atoms with Crippen LogP contribution in [0.4, 0.5) is 0 Å². The van der Waals surface area contributed by atoms with E-state index >= 15 is 0 Å². The predicted molar refractivity (Wildman–Crippen MR) is 89.1 cm³/mol. The number of phenolic OH excluding ortho intramolecular Hbond substituents is 1. The summed E-state index contributed by atoms with van der Waals surface area (Å²) in [5, 5.41) is 10.7. The van der Waals surface area contributed by atoms with Gasteiger partial charge < -0.3 is 5.11 Å². The number of Topliss-reactive ketones (excluding diaryl/α,β-unsaturated/α-hetero) is 1. The molecule has 0 spiro atoms. The normalized spacial score (nSPS) is 19.8. The molecule has 2 nitrogen and oxygen atoms in total. The lowest BCUT2D eigenvalue weighted by atomic mass is 9.66. The number of carbonyl (C=O) groups is 1. The number of aromatic hydroxyl groups is 1. The van der Waals surface area contributed by atoms with Crippen molar-refractivity contribution in [3.8, 4) is 5.75 Å². The highest BCUT2D eigenvalue weighted by atomic mass is 35.5. The van der Waals surface area contributed by atoms with Gasteiger partial charge in [-0.05, 0) is 41.8 Å². The van der Waals surface area contributed by atoms with Crippen molar-refractivity contribution < 1.29 is 9.90 Å². The quantitative estimate of drug-likeness (QED) is 0.753. The SMILES string of the molecule is CC1(C)CC(c2ccc(Cl)c(Cl)c2)c2ccc(O)cc2C1=O. The van der Waals surface area contributed by atoms with E-state index in [1.165, 1.54) is 0 Å². The number of benzene rings is 2. The first-order chi connectivity index (χ1) is 10.3. The lowest BCUT2D eigenvalue weighted by molar-refractivity contribution is 0.0801. The van der Waals surface area contributed by atoms with E-state index in [2.05, 4.69) is 0 Å². The number of halogens is 2. The third kappa shape index (κ3) is 2.51. The third-order valence-corrected chi connectivity index (χ3v) is 5.07. The molecule has 2 aromatic carbocycles. The van der Waals surface area contributed by atoms with Crippen LogP contribution in [0.1, 0.15) is 47.7 Å². The van der Waals surface area contributed by atoms with Crippen molar-refractivity contribution in [3.63, 3.8) is 0 Å². The number of hydrogen-bond donors (Lipinski definition) is 1. The van der Waals surface area contributed by atoms with E-state index in [9.17, 15) is 9.90 Å². The second-order valence-electron chi connectivity index (χ2n) is 6.41. The Hall–Kier alpha value is -1.51. The van der Waals surface area contributed by atoms with Crippen LogP contribution in [0, 0.1) is 5.41 Å². The molecule has 0 saturated carbocycles. The standard InChI is InChI=1S/C18H16Cl2O2/c1-18(2)9-14(10-3-6-15(19)16(20)7-10)12-5-4-11(21)8-13(12)17(18)22/h3-8,14,21H,9H2,1-2H3. The Kier molecular flexibility index (Phi) is 3.70. The van der Waals surface area contributed by atoms with Gasteiger partial charge >= 0.3 is 0 Å². The van der Waals surface area contributed by atoms with Gasteiger partial charge in [-0.15, -0.1) is 0 Å². The fourth-order valence-electron chi connectivity index (χ4n) is 3.15. The number of hydrogen-bond acceptors (Lipinski definition) is 2. The van der Waals surface area contributed by atoms with Gasteiger partial charge in [0, 0.05) is 16.9 Å². The first-order valence-electron chi connectivity index (χ1n) is 7.12. The van der Waals surface area contributed by atoms with Crippen LogP contribution in [-0.4, -0.2) is 10.9 Å². The molecule has 1 aliphatic carbocycles. The Bertz CT molecular complexity index is 766. The van der Waals surface area contributed by atoms with Crippen molar-refractivity contribution in [2.75, 3.05) is 0 Å². The Morgan fingerprint density at radius 2 is 1.82 bits per heavy atom. The highest BCUT2D eigenvalue weighted by Crippen LogP contribution is 2.46. The second-order valence-corrected chi connectivity index (χ2v) is 7.23. The first-order valence-corrected chi connectivity index (χ1v) is 7.88. The summed E-state index contributed by atoms with van der Waals surface area (Å²) in [5.74, 6) is 0.227. The van der Waals surface area contributed by atoms with Crippen molar-refractivity contribution in [2.24, 2.45) is 5.41 Å². The zero-order valence-electron chi connectivity index (χ0n) is 12.4. The maximum Gasteiger partial charge on any atom is 0.168 e. The Balaban J connectivity index is 2.18. The van der Waals surface area contributed by atoms with Gasteiger partial charge in [-0.2, -0.15) is 0 Å². The maximum absolute atomic E-state index is 12.6. The van der Waals surface area contributed by atoms with Gasteiger partial charge in [0.1, 0.15) is 5.75 Å². The number of fused-ring (bicyclic) bond motifs is 1. The predicted octanol–water partition coefficient (Wildman–Crippen LogP) is 5.44. The molecule has 22 heavy (non-hydrogen) atoms. The zero-order chi connectivity index (χ0) is 16.1. The minimum absolute atomic E-state index is 0.0538. The van der Waals surface area contributed by atoms with E-state index in [4.69, 9.17) is 23.2 Å². The number of ketones is 1. The van der Waals surface area contributed by atoms with Crippen molar-refractivity contribution in [1.29, 1.82) is 0 Å². The summed E-state index contributed by atoms with van der Waals surface area (Å²) in [6.07, 6.45) is 0.696. The minimum atomic E-state index is -0.489. The number of phenols is 1. The molecule has 3 rings (SSSR count). The van der Waals surface area contributed by atoms with Crippen LogP contribution in [-0.2, 0) is 0 Å². The van der Waals surface area contributed by atoms with Crippen LogP contribution in [0.15, 0.2) is 36.4 Å².